The Bertz CT molecular complexity index is 386. The molecule has 0 saturated heterocycles. The molecule has 0 aliphatic heterocycles. The Morgan fingerprint density at radius 1 is 1.33 bits per heavy atom. The zero-order valence-corrected chi connectivity index (χ0v) is 9.81. The Labute approximate surface area is 95.5 Å². The molecule has 1 aliphatic carbocycles. The third kappa shape index (κ3) is 2.54. The number of hydrogen-bond acceptors (Lipinski definition) is 2. The maximum atomic E-state index is 9.02. The predicted molar refractivity (Wildman–Crippen MR) is 64.0 cm³/mol. The molecule has 1 aliphatic rings. The summed E-state index contributed by atoms with van der Waals surface area (Å²) in [5.41, 5.74) is 2.08. The molecule has 0 atom stereocenters. The van der Waals surface area contributed by atoms with Crippen LogP contribution in [-0.2, 0) is 0 Å². The van der Waals surface area contributed by atoms with E-state index >= 15 is 0 Å². The van der Waals surface area contributed by atoms with Gasteiger partial charge >= 0.3 is 0 Å². The van der Waals surface area contributed by atoms with Crippen LogP contribution in [0.3, 0.4) is 0 Å². The minimum absolute atomic E-state index is 0.735. The number of thioether (sulfide) groups is 1. The standard InChI is InChI=1S/C13H15NS/c1-10-6-7-11(9-14)13(8-10)15-12-4-2-3-5-12/h6-8,12H,2-5H2,1H3. The summed E-state index contributed by atoms with van der Waals surface area (Å²) in [5.74, 6) is 0. The first kappa shape index (κ1) is 10.6. The lowest BCUT2D eigenvalue weighted by Gasteiger charge is -2.10. The molecule has 0 spiro atoms. The van der Waals surface area contributed by atoms with Crippen molar-refractivity contribution in [2.75, 3.05) is 0 Å². The van der Waals surface area contributed by atoms with Crippen molar-refractivity contribution in [1.82, 2.24) is 0 Å². The van der Waals surface area contributed by atoms with Gasteiger partial charge in [0, 0.05) is 10.1 Å². The number of nitriles is 1. The molecule has 1 fully saturated rings. The van der Waals surface area contributed by atoms with Crippen molar-refractivity contribution in [3.05, 3.63) is 29.3 Å². The van der Waals surface area contributed by atoms with Gasteiger partial charge in [-0.3, -0.25) is 0 Å². The number of aryl methyl sites for hydroxylation is 1. The van der Waals surface area contributed by atoms with E-state index in [1.165, 1.54) is 36.1 Å². The normalized spacial score (nSPS) is 16.5. The number of benzene rings is 1. The summed E-state index contributed by atoms with van der Waals surface area (Å²) in [6.07, 6.45) is 5.32. The molecule has 2 rings (SSSR count). The Kier molecular flexibility index (Phi) is 3.33. The summed E-state index contributed by atoms with van der Waals surface area (Å²) in [6.45, 7) is 2.08. The average Bonchev–Trinajstić information content (AvgIpc) is 2.71. The highest BCUT2D eigenvalue weighted by Crippen LogP contribution is 2.36. The van der Waals surface area contributed by atoms with Gasteiger partial charge in [-0.2, -0.15) is 5.26 Å². The fourth-order valence-electron chi connectivity index (χ4n) is 2.01. The maximum Gasteiger partial charge on any atom is 0.100 e. The van der Waals surface area contributed by atoms with Crippen LogP contribution in [0.5, 0.6) is 0 Å². The molecule has 0 amide bonds. The summed E-state index contributed by atoms with van der Waals surface area (Å²) < 4.78 is 0. The zero-order valence-electron chi connectivity index (χ0n) is 8.99. The minimum Gasteiger partial charge on any atom is -0.192 e. The first-order valence-electron chi connectivity index (χ1n) is 5.47. The average molecular weight is 217 g/mol. The van der Waals surface area contributed by atoms with Crippen LogP contribution >= 0.6 is 11.8 Å². The highest BCUT2D eigenvalue weighted by atomic mass is 32.2. The van der Waals surface area contributed by atoms with Crippen LogP contribution < -0.4 is 0 Å². The number of hydrogen-bond donors (Lipinski definition) is 0. The molecule has 0 N–H and O–H groups in total. The fourth-order valence-corrected chi connectivity index (χ4v) is 3.43. The summed E-state index contributed by atoms with van der Waals surface area (Å²) in [6, 6.07) is 8.36. The SMILES string of the molecule is Cc1ccc(C#N)c(SC2CCCC2)c1. The monoisotopic (exact) mass is 217 g/mol. The Morgan fingerprint density at radius 2 is 2.07 bits per heavy atom. The highest BCUT2D eigenvalue weighted by Gasteiger charge is 2.17. The van der Waals surface area contributed by atoms with Crippen molar-refractivity contribution >= 4 is 11.8 Å². The van der Waals surface area contributed by atoms with Crippen LogP contribution in [0.2, 0.25) is 0 Å². The smallest absolute Gasteiger partial charge is 0.100 e. The molecule has 1 aromatic carbocycles. The van der Waals surface area contributed by atoms with Crippen LogP contribution in [0.1, 0.15) is 36.8 Å². The van der Waals surface area contributed by atoms with E-state index in [0.29, 0.717) is 0 Å². The van der Waals surface area contributed by atoms with Gasteiger partial charge in [0.15, 0.2) is 0 Å². The number of nitrogens with zero attached hydrogens (tertiary/aromatic N) is 1. The molecule has 78 valence electrons. The van der Waals surface area contributed by atoms with Crippen molar-refractivity contribution in [2.24, 2.45) is 0 Å². The highest BCUT2D eigenvalue weighted by molar-refractivity contribution is 8.00. The van der Waals surface area contributed by atoms with Crippen LogP contribution in [0, 0.1) is 18.3 Å². The first-order valence-corrected chi connectivity index (χ1v) is 6.35. The summed E-state index contributed by atoms with van der Waals surface area (Å²) in [5, 5.41) is 9.76. The van der Waals surface area contributed by atoms with Gasteiger partial charge in [0.25, 0.3) is 0 Å². The minimum atomic E-state index is 0.735. The van der Waals surface area contributed by atoms with Gasteiger partial charge in [-0.15, -0.1) is 11.8 Å². The summed E-state index contributed by atoms with van der Waals surface area (Å²) in [7, 11) is 0. The second kappa shape index (κ2) is 4.72. The molecule has 0 bridgehead atoms. The Balaban J connectivity index is 2.18. The molecular weight excluding hydrogens is 202 g/mol. The van der Waals surface area contributed by atoms with Crippen LogP contribution in [-0.4, -0.2) is 5.25 Å². The molecule has 2 heteroatoms. The summed E-state index contributed by atoms with van der Waals surface area (Å²) >= 11 is 1.89. The van der Waals surface area contributed by atoms with Gasteiger partial charge in [-0.25, -0.2) is 0 Å². The van der Waals surface area contributed by atoms with Crippen LogP contribution in [0.4, 0.5) is 0 Å². The lowest BCUT2D eigenvalue weighted by Crippen LogP contribution is -1.95. The third-order valence-electron chi connectivity index (χ3n) is 2.85. The van der Waals surface area contributed by atoms with Crippen molar-refractivity contribution in [2.45, 2.75) is 42.8 Å². The van der Waals surface area contributed by atoms with E-state index in [9.17, 15) is 0 Å². The Hall–Kier alpha value is -0.940. The molecule has 1 aromatic rings. The molecule has 0 radical (unpaired) electrons. The van der Waals surface area contributed by atoms with Gasteiger partial charge in [0.2, 0.25) is 0 Å². The second-order valence-electron chi connectivity index (χ2n) is 4.14. The molecule has 1 nitrogen and oxygen atoms in total. The lowest BCUT2D eigenvalue weighted by molar-refractivity contribution is 0.886. The largest absolute Gasteiger partial charge is 0.192 e. The maximum absolute atomic E-state index is 9.02. The van der Waals surface area contributed by atoms with E-state index in [1.54, 1.807) is 0 Å². The molecule has 0 heterocycles. The van der Waals surface area contributed by atoms with Crippen molar-refractivity contribution in [1.29, 1.82) is 5.26 Å². The fraction of sp³-hybridized carbons (Fsp3) is 0.462. The predicted octanol–water partition coefficient (Wildman–Crippen LogP) is 3.90. The number of rotatable bonds is 2. The van der Waals surface area contributed by atoms with Gasteiger partial charge in [0.05, 0.1) is 5.56 Å². The first-order chi connectivity index (χ1) is 7.29. The van der Waals surface area contributed by atoms with E-state index in [4.69, 9.17) is 5.26 Å². The molecular formula is C13H15NS. The van der Waals surface area contributed by atoms with Crippen molar-refractivity contribution < 1.29 is 0 Å². The van der Waals surface area contributed by atoms with Crippen LogP contribution in [0.25, 0.3) is 0 Å². The van der Waals surface area contributed by atoms with E-state index in [0.717, 1.165) is 10.8 Å². The van der Waals surface area contributed by atoms with E-state index < -0.39 is 0 Å². The lowest BCUT2D eigenvalue weighted by atomic mass is 10.2. The van der Waals surface area contributed by atoms with Gasteiger partial charge in [0.1, 0.15) is 6.07 Å². The zero-order chi connectivity index (χ0) is 10.7. The van der Waals surface area contributed by atoms with Gasteiger partial charge in [-0.05, 0) is 37.5 Å². The second-order valence-corrected chi connectivity index (χ2v) is 5.48. The van der Waals surface area contributed by atoms with Crippen molar-refractivity contribution in [3.63, 3.8) is 0 Å². The third-order valence-corrected chi connectivity index (χ3v) is 4.25. The van der Waals surface area contributed by atoms with Gasteiger partial charge in [-0.1, -0.05) is 18.9 Å². The van der Waals surface area contributed by atoms with E-state index in [1.807, 2.05) is 23.9 Å². The molecule has 1 saturated carbocycles. The van der Waals surface area contributed by atoms with Gasteiger partial charge < -0.3 is 0 Å². The van der Waals surface area contributed by atoms with Crippen molar-refractivity contribution in [3.8, 4) is 6.07 Å². The Morgan fingerprint density at radius 3 is 2.73 bits per heavy atom. The quantitative estimate of drug-likeness (QED) is 0.750. The molecule has 0 unspecified atom stereocenters. The van der Waals surface area contributed by atoms with E-state index in [2.05, 4.69) is 19.1 Å². The van der Waals surface area contributed by atoms with Crippen LogP contribution in [0.15, 0.2) is 23.1 Å². The molecule has 0 aromatic heterocycles. The van der Waals surface area contributed by atoms with E-state index in [-0.39, 0.29) is 0 Å². The topological polar surface area (TPSA) is 23.8 Å². The molecule has 15 heavy (non-hydrogen) atoms. The summed E-state index contributed by atoms with van der Waals surface area (Å²) in [4.78, 5) is 1.17.